The molecule has 0 spiro atoms. The van der Waals surface area contributed by atoms with Crippen molar-refractivity contribution in [3.8, 4) is 11.5 Å². The van der Waals surface area contributed by atoms with E-state index in [-0.39, 0.29) is 0 Å². The van der Waals surface area contributed by atoms with Crippen molar-refractivity contribution >= 4 is 5.96 Å². The van der Waals surface area contributed by atoms with Gasteiger partial charge in [-0.3, -0.25) is 0 Å². The minimum atomic E-state index is -0.728. The van der Waals surface area contributed by atoms with Crippen molar-refractivity contribution in [3.05, 3.63) is 58.7 Å². The fourth-order valence-corrected chi connectivity index (χ4v) is 2.86. The molecule has 3 N–H and O–H groups in total. The van der Waals surface area contributed by atoms with Gasteiger partial charge in [-0.05, 0) is 49.6 Å². The van der Waals surface area contributed by atoms with Crippen LogP contribution in [0.1, 0.15) is 35.3 Å². The fourth-order valence-electron chi connectivity index (χ4n) is 2.86. The number of guanidine groups is 1. The Balaban J connectivity index is 2.05. The summed E-state index contributed by atoms with van der Waals surface area (Å²) in [7, 11) is 3.18. The molecular weight excluding hydrogens is 354 g/mol. The molecule has 0 heterocycles. The predicted octanol–water partition coefficient (Wildman–Crippen LogP) is 3.11. The van der Waals surface area contributed by atoms with Crippen molar-refractivity contribution in [2.75, 3.05) is 27.3 Å². The third-order valence-corrected chi connectivity index (χ3v) is 4.47. The minimum absolute atomic E-state index is 0.315. The molecule has 0 amide bonds. The number of aliphatic hydroxyl groups is 1. The normalized spacial score (nSPS) is 12.4. The number of rotatable bonds is 8. The first-order valence-corrected chi connectivity index (χ1v) is 9.46. The van der Waals surface area contributed by atoms with Crippen LogP contribution in [-0.2, 0) is 6.54 Å². The van der Waals surface area contributed by atoms with E-state index >= 15 is 0 Å². The molecule has 2 rings (SSSR count). The molecule has 0 saturated heterocycles. The highest BCUT2D eigenvalue weighted by Crippen LogP contribution is 2.26. The van der Waals surface area contributed by atoms with Gasteiger partial charge in [-0.1, -0.05) is 23.8 Å². The Labute approximate surface area is 167 Å². The number of methoxy groups -OCH3 is 2. The molecule has 1 atom stereocenters. The molecule has 2 aromatic carbocycles. The van der Waals surface area contributed by atoms with Crippen molar-refractivity contribution in [1.29, 1.82) is 0 Å². The van der Waals surface area contributed by atoms with Crippen LogP contribution in [0, 0.1) is 13.8 Å². The van der Waals surface area contributed by atoms with Gasteiger partial charge in [-0.25, -0.2) is 4.99 Å². The molecule has 0 aliphatic heterocycles. The van der Waals surface area contributed by atoms with Crippen LogP contribution in [0.5, 0.6) is 11.5 Å². The molecule has 6 nitrogen and oxygen atoms in total. The van der Waals surface area contributed by atoms with Gasteiger partial charge >= 0.3 is 0 Å². The predicted molar refractivity (Wildman–Crippen MR) is 113 cm³/mol. The van der Waals surface area contributed by atoms with E-state index in [9.17, 15) is 5.11 Å². The molecule has 0 fully saturated rings. The van der Waals surface area contributed by atoms with Gasteiger partial charge in [0.25, 0.3) is 0 Å². The first-order valence-electron chi connectivity index (χ1n) is 9.46. The Hall–Kier alpha value is -2.73. The average molecular weight is 386 g/mol. The summed E-state index contributed by atoms with van der Waals surface area (Å²) in [6.07, 6.45) is -0.728. The SMILES string of the molecule is CCNC(=NCc1ccc(C)cc1C)NCC(O)c1cc(OC)cc(OC)c1. The van der Waals surface area contributed by atoms with Gasteiger partial charge in [0.15, 0.2) is 5.96 Å². The number of hydrogen-bond acceptors (Lipinski definition) is 4. The molecule has 6 heteroatoms. The zero-order valence-electron chi connectivity index (χ0n) is 17.4. The van der Waals surface area contributed by atoms with Crippen LogP contribution < -0.4 is 20.1 Å². The summed E-state index contributed by atoms with van der Waals surface area (Å²) in [5.74, 6) is 1.95. The van der Waals surface area contributed by atoms with E-state index in [1.165, 1.54) is 16.7 Å². The number of nitrogens with zero attached hydrogens (tertiary/aromatic N) is 1. The van der Waals surface area contributed by atoms with E-state index in [0.29, 0.717) is 36.1 Å². The van der Waals surface area contributed by atoms with E-state index in [0.717, 1.165) is 6.54 Å². The largest absolute Gasteiger partial charge is 0.497 e. The molecule has 28 heavy (non-hydrogen) atoms. The zero-order chi connectivity index (χ0) is 20.5. The molecule has 0 radical (unpaired) electrons. The molecule has 0 aliphatic carbocycles. The maximum absolute atomic E-state index is 10.6. The summed E-state index contributed by atoms with van der Waals surface area (Å²) < 4.78 is 10.5. The van der Waals surface area contributed by atoms with Gasteiger partial charge in [-0.2, -0.15) is 0 Å². The van der Waals surface area contributed by atoms with E-state index in [2.05, 4.69) is 47.7 Å². The van der Waals surface area contributed by atoms with Crippen molar-refractivity contribution in [2.24, 2.45) is 4.99 Å². The molecule has 1 unspecified atom stereocenters. The van der Waals surface area contributed by atoms with Crippen LogP contribution in [0.15, 0.2) is 41.4 Å². The smallest absolute Gasteiger partial charge is 0.191 e. The molecule has 2 aromatic rings. The van der Waals surface area contributed by atoms with E-state index in [4.69, 9.17) is 9.47 Å². The summed E-state index contributed by atoms with van der Waals surface area (Å²) >= 11 is 0. The first kappa shape index (κ1) is 21.6. The lowest BCUT2D eigenvalue weighted by molar-refractivity contribution is 0.180. The number of aryl methyl sites for hydroxylation is 2. The minimum Gasteiger partial charge on any atom is -0.497 e. The van der Waals surface area contributed by atoms with E-state index in [1.54, 1.807) is 32.4 Å². The Morgan fingerprint density at radius 3 is 2.29 bits per heavy atom. The lowest BCUT2D eigenvalue weighted by atomic mass is 10.1. The number of benzene rings is 2. The van der Waals surface area contributed by atoms with Crippen molar-refractivity contribution in [2.45, 2.75) is 33.4 Å². The molecule has 152 valence electrons. The second kappa shape index (κ2) is 10.6. The molecular formula is C22H31N3O3. The summed E-state index contributed by atoms with van der Waals surface area (Å²) in [5.41, 5.74) is 4.37. The van der Waals surface area contributed by atoms with Crippen LogP contribution >= 0.6 is 0 Å². The Kier molecular flexibility index (Phi) is 8.14. The van der Waals surface area contributed by atoms with Crippen LogP contribution in [0.2, 0.25) is 0 Å². The van der Waals surface area contributed by atoms with Crippen LogP contribution in [-0.4, -0.2) is 38.4 Å². The number of aliphatic hydroxyl groups excluding tert-OH is 1. The summed E-state index contributed by atoms with van der Waals surface area (Å²) in [5, 5.41) is 17.0. The van der Waals surface area contributed by atoms with E-state index < -0.39 is 6.10 Å². The fraction of sp³-hybridized carbons (Fsp3) is 0.409. The third-order valence-electron chi connectivity index (χ3n) is 4.47. The first-order chi connectivity index (χ1) is 13.5. The Morgan fingerprint density at radius 2 is 1.71 bits per heavy atom. The van der Waals surface area contributed by atoms with Gasteiger partial charge in [-0.15, -0.1) is 0 Å². The molecule has 0 aliphatic rings. The lowest BCUT2D eigenvalue weighted by Gasteiger charge is -2.17. The van der Waals surface area contributed by atoms with Gasteiger partial charge < -0.3 is 25.2 Å². The van der Waals surface area contributed by atoms with Crippen molar-refractivity contribution in [1.82, 2.24) is 10.6 Å². The maximum atomic E-state index is 10.6. The molecule has 0 aromatic heterocycles. The van der Waals surface area contributed by atoms with Crippen LogP contribution in [0.4, 0.5) is 0 Å². The number of aliphatic imine (C=N–C) groups is 1. The second-order valence-electron chi connectivity index (χ2n) is 6.67. The summed E-state index contributed by atoms with van der Waals surface area (Å²) in [4.78, 5) is 4.64. The highest BCUT2D eigenvalue weighted by Gasteiger charge is 2.12. The number of ether oxygens (including phenoxy) is 2. The van der Waals surface area contributed by atoms with Crippen LogP contribution in [0.25, 0.3) is 0 Å². The second-order valence-corrected chi connectivity index (χ2v) is 6.67. The zero-order valence-corrected chi connectivity index (χ0v) is 17.4. The molecule has 0 bridgehead atoms. The van der Waals surface area contributed by atoms with E-state index in [1.807, 2.05) is 6.92 Å². The average Bonchev–Trinajstić information content (AvgIpc) is 2.70. The molecule has 0 saturated carbocycles. The Morgan fingerprint density at radius 1 is 1.04 bits per heavy atom. The third kappa shape index (κ3) is 6.16. The highest BCUT2D eigenvalue weighted by atomic mass is 16.5. The van der Waals surface area contributed by atoms with Gasteiger partial charge in [0, 0.05) is 19.2 Å². The summed E-state index contributed by atoms with van der Waals surface area (Å²) in [6.45, 7) is 7.82. The number of hydrogen-bond donors (Lipinski definition) is 3. The topological polar surface area (TPSA) is 75.1 Å². The van der Waals surface area contributed by atoms with Gasteiger partial charge in [0.1, 0.15) is 11.5 Å². The summed E-state index contributed by atoms with van der Waals surface area (Å²) in [6, 6.07) is 11.7. The highest BCUT2D eigenvalue weighted by molar-refractivity contribution is 5.79. The van der Waals surface area contributed by atoms with Crippen LogP contribution in [0.3, 0.4) is 0 Å². The Bertz CT molecular complexity index is 783. The standard InChI is InChI=1S/C22H31N3O3/c1-6-23-22(24-13-17-8-7-15(2)9-16(17)3)25-14-21(26)18-10-19(27-4)12-20(11-18)28-5/h7-12,21,26H,6,13-14H2,1-5H3,(H2,23,24,25). The maximum Gasteiger partial charge on any atom is 0.191 e. The monoisotopic (exact) mass is 385 g/mol. The van der Waals surface area contributed by atoms with Gasteiger partial charge in [0.2, 0.25) is 0 Å². The lowest BCUT2D eigenvalue weighted by Crippen LogP contribution is -2.39. The van der Waals surface area contributed by atoms with Crippen molar-refractivity contribution in [3.63, 3.8) is 0 Å². The quantitative estimate of drug-likeness (QED) is 0.481. The number of nitrogens with one attached hydrogen (secondary N) is 2. The van der Waals surface area contributed by atoms with Crippen molar-refractivity contribution < 1.29 is 14.6 Å². The van der Waals surface area contributed by atoms with Gasteiger partial charge in [0.05, 0.1) is 26.9 Å².